The van der Waals surface area contributed by atoms with Gasteiger partial charge in [0.1, 0.15) is 11.0 Å². The molecule has 2 heterocycles. The van der Waals surface area contributed by atoms with Crippen LogP contribution in [0.1, 0.15) is 15.9 Å². The van der Waals surface area contributed by atoms with Crippen molar-refractivity contribution in [1.29, 1.82) is 0 Å². The van der Waals surface area contributed by atoms with Crippen LogP contribution in [0.4, 0.5) is 5.82 Å². The summed E-state index contributed by atoms with van der Waals surface area (Å²) in [7, 11) is 0. The third-order valence-corrected chi connectivity index (χ3v) is 2.73. The molecular weight excluding hydrogens is 273 g/mol. The SMILES string of the molecule is Cc1ccnc(NC(=O)c2cc(Cl)ncc2Cl)c1. The van der Waals surface area contributed by atoms with Gasteiger partial charge in [-0.3, -0.25) is 4.79 Å². The topological polar surface area (TPSA) is 54.9 Å². The van der Waals surface area contributed by atoms with Gasteiger partial charge in [0.15, 0.2) is 0 Å². The van der Waals surface area contributed by atoms with Crippen molar-refractivity contribution in [2.75, 3.05) is 5.32 Å². The maximum Gasteiger partial charge on any atom is 0.258 e. The summed E-state index contributed by atoms with van der Waals surface area (Å²) >= 11 is 11.6. The molecule has 0 aliphatic carbocycles. The van der Waals surface area contributed by atoms with E-state index in [0.717, 1.165) is 5.56 Å². The van der Waals surface area contributed by atoms with Gasteiger partial charge in [0.05, 0.1) is 10.6 Å². The molecular formula is C12H9Cl2N3O. The Kier molecular flexibility index (Phi) is 3.79. The molecule has 6 heteroatoms. The van der Waals surface area contributed by atoms with E-state index in [1.54, 1.807) is 12.3 Å². The summed E-state index contributed by atoms with van der Waals surface area (Å²) in [6.45, 7) is 1.91. The van der Waals surface area contributed by atoms with E-state index < -0.39 is 0 Å². The Labute approximate surface area is 114 Å². The van der Waals surface area contributed by atoms with Gasteiger partial charge in [0.2, 0.25) is 0 Å². The van der Waals surface area contributed by atoms with Crippen LogP contribution in [0.5, 0.6) is 0 Å². The zero-order valence-electron chi connectivity index (χ0n) is 9.45. The normalized spacial score (nSPS) is 10.2. The second-order valence-corrected chi connectivity index (χ2v) is 4.45. The number of aromatic nitrogens is 2. The van der Waals surface area contributed by atoms with Gasteiger partial charge in [-0.05, 0) is 30.7 Å². The Hall–Kier alpha value is -1.65. The van der Waals surface area contributed by atoms with Crippen molar-refractivity contribution < 1.29 is 4.79 Å². The summed E-state index contributed by atoms with van der Waals surface area (Å²) in [6.07, 6.45) is 2.95. The van der Waals surface area contributed by atoms with E-state index in [4.69, 9.17) is 23.2 Å². The maximum atomic E-state index is 12.0. The van der Waals surface area contributed by atoms with Crippen molar-refractivity contribution in [3.63, 3.8) is 0 Å². The number of nitrogens with one attached hydrogen (secondary N) is 1. The number of hydrogen-bond donors (Lipinski definition) is 1. The van der Waals surface area contributed by atoms with Crippen LogP contribution in [0, 0.1) is 6.92 Å². The van der Waals surface area contributed by atoms with Gasteiger partial charge in [-0.2, -0.15) is 0 Å². The van der Waals surface area contributed by atoms with Crippen LogP contribution in [0.2, 0.25) is 10.2 Å². The second kappa shape index (κ2) is 5.33. The van der Waals surface area contributed by atoms with Crippen LogP contribution < -0.4 is 5.32 Å². The van der Waals surface area contributed by atoms with E-state index in [-0.39, 0.29) is 21.6 Å². The molecule has 0 aliphatic heterocycles. The molecule has 0 saturated carbocycles. The Balaban J connectivity index is 2.24. The molecule has 0 unspecified atom stereocenters. The van der Waals surface area contributed by atoms with E-state index in [9.17, 15) is 4.79 Å². The van der Waals surface area contributed by atoms with Gasteiger partial charge in [-0.1, -0.05) is 23.2 Å². The number of nitrogens with zero attached hydrogens (tertiary/aromatic N) is 2. The largest absolute Gasteiger partial charge is 0.307 e. The molecule has 2 aromatic rings. The molecule has 0 bridgehead atoms. The lowest BCUT2D eigenvalue weighted by Crippen LogP contribution is -2.13. The Morgan fingerprint density at radius 2 is 2.06 bits per heavy atom. The third kappa shape index (κ3) is 2.97. The molecule has 2 rings (SSSR count). The lowest BCUT2D eigenvalue weighted by Gasteiger charge is -2.06. The van der Waals surface area contributed by atoms with E-state index >= 15 is 0 Å². The summed E-state index contributed by atoms with van der Waals surface area (Å²) < 4.78 is 0. The van der Waals surface area contributed by atoms with Crippen LogP contribution in [0.3, 0.4) is 0 Å². The van der Waals surface area contributed by atoms with Crippen molar-refractivity contribution in [3.05, 3.63) is 51.9 Å². The minimum atomic E-state index is -0.373. The zero-order valence-corrected chi connectivity index (χ0v) is 11.0. The molecule has 92 valence electrons. The first-order valence-electron chi connectivity index (χ1n) is 5.11. The molecule has 0 atom stereocenters. The molecule has 0 aromatic carbocycles. The van der Waals surface area contributed by atoms with Crippen LogP contribution in [0.15, 0.2) is 30.6 Å². The zero-order chi connectivity index (χ0) is 13.1. The second-order valence-electron chi connectivity index (χ2n) is 3.66. The molecule has 0 spiro atoms. The van der Waals surface area contributed by atoms with E-state index in [0.29, 0.717) is 5.82 Å². The molecule has 1 N–H and O–H groups in total. The monoisotopic (exact) mass is 281 g/mol. The van der Waals surface area contributed by atoms with Crippen molar-refractivity contribution in [2.24, 2.45) is 0 Å². The van der Waals surface area contributed by atoms with Crippen LogP contribution >= 0.6 is 23.2 Å². The highest BCUT2D eigenvalue weighted by Gasteiger charge is 2.12. The summed E-state index contributed by atoms with van der Waals surface area (Å²) in [5.74, 6) is 0.0893. The third-order valence-electron chi connectivity index (χ3n) is 2.22. The van der Waals surface area contributed by atoms with Gasteiger partial charge in [-0.15, -0.1) is 0 Å². The highest BCUT2D eigenvalue weighted by atomic mass is 35.5. The quantitative estimate of drug-likeness (QED) is 0.859. The first-order valence-corrected chi connectivity index (χ1v) is 5.87. The molecule has 0 fully saturated rings. The number of pyridine rings is 2. The van der Waals surface area contributed by atoms with Crippen molar-refractivity contribution in [1.82, 2.24) is 9.97 Å². The molecule has 18 heavy (non-hydrogen) atoms. The van der Waals surface area contributed by atoms with Gasteiger partial charge in [0.25, 0.3) is 5.91 Å². The minimum absolute atomic E-state index is 0.210. The fourth-order valence-electron chi connectivity index (χ4n) is 1.38. The summed E-state index contributed by atoms with van der Waals surface area (Å²) in [4.78, 5) is 19.8. The molecule has 2 aromatic heterocycles. The molecule has 0 aliphatic rings. The van der Waals surface area contributed by atoms with Crippen LogP contribution in [-0.4, -0.2) is 15.9 Å². The number of anilines is 1. The summed E-state index contributed by atoms with van der Waals surface area (Å²) in [6, 6.07) is 5.01. The van der Waals surface area contributed by atoms with E-state index in [1.807, 2.05) is 13.0 Å². The lowest BCUT2D eigenvalue weighted by molar-refractivity contribution is 0.102. The average Bonchev–Trinajstić information content (AvgIpc) is 2.32. The minimum Gasteiger partial charge on any atom is -0.307 e. The van der Waals surface area contributed by atoms with Gasteiger partial charge in [0, 0.05) is 12.4 Å². The van der Waals surface area contributed by atoms with Crippen LogP contribution in [-0.2, 0) is 0 Å². The first-order chi connectivity index (χ1) is 8.56. The van der Waals surface area contributed by atoms with Gasteiger partial charge < -0.3 is 5.32 Å². The molecule has 0 saturated heterocycles. The fourth-order valence-corrected chi connectivity index (χ4v) is 1.72. The highest BCUT2D eigenvalue weighted by Crippen LogP contribution is 2.19. The fraction of sp³-hybridized carbons (Fsp3) is 0.0833. The van der Waals surface area contributed by atoms with E-state index in [1.165, 1.54) is 12.3 Å². The lowest BCUT2D eigenvalue weighted by atomic mass is 10.2. The predicted octanol–water partition coefficient (Wildman–Crippen LogP) is 3.34. The van der Waals surface area contributed by atoms with Gasteiger partial charge in [-0.25, -0.2) is 9.97 Å². The number of carbonyl (C=O) groups excluding carboxylic acids is 1. The number of rotatable bonds is 2. The summed E-state index contributed by atoms with van der Waals surface area (Å²) in [5, 5.41) is 3.10. The molecule has 1 amide bonds. The smallest absolute Gasteiger partial charge is 0.258 e. The Morgan fingerprint density at radius 1 is 1.28 bits per heavy atom. The van der Waals surface area contributed by atoms with Crippen molar-refractivity contribution in [3.8, 4) is 0 Å². The number of hydrogen-bond acceptors (Lipinski definition) is 3. The number of amides is 1. The first kappa shape index (κ1) is 12.8. The highest BCUT2D eigenvalue weighted by molar-refractivity contribution is 6.35. The van der Waals surface area contributed by atoms with Crippen LogP contribution in [0.25, 0.3) is 0 Å². The van der Waals surface area contributed by atoms with Crippen molar-refractivity contribution >= 4 is 34.9 Å². The predicted molar refractivity (Wildman–Crippen MR) is 71.2 cm³/mol. The van der Waals surface area contributed by atoms with Gasteiger partial charge >= 0.3 is 0 Å². The summed E-state index contributed by atoms with van der Waals surface area (Å²) in [5.41, 5.74) is 1.26. The van der Waals surface area contributed by atoms with E-state index in [2.05, 4.69) is 15.3 Å². The average molecular weight is 282 g/mol. The Morgan fingerprint density at radius 3 is 2.78 bits per heavy atom. The molecule has 4 nitrogen and oxygen atoms in total. The maximum absolute atomic E-state index is 12.0. The number of carbonyl (C=O) groups is 1. The standard InChI is InChI=1S/C12H9Cl2N3O/c1-7-2-3-15-11(4-7)17-12(18)8-5-10(14)16-6-9(8)13/h2-6H,1H3,(H,15,17,18). The van der Waals surface area contributed by atoms with Crippen molar-refractivity contribution in [2.45, 2.75) is 6.92 Å². The molecule has 0 radical (unpaired) electrons. The Bertz CT molecular complexity index is 602. The number of halogens is 2. The number of aryl methyl sites for hydroxylation is 1.